The van der Waals surface area contributed by atoms with Gasteiger partial charge < -0.3 is 14.5 Å². The van der Waals surface area contributed by atoms with Crippen molar-refractivity contribution < 1.29 is 13.9 Å². The van der Waals surface area contributed by atoms with E-state index in [2.05, 4.69) is 5.32 Å². The molecule has 0 aliphatic carbocycles. The summed E-state index contributed by atoms with van der Waals surface area (Å²) in [6.07, 6.45) is 0.453. The van der Waals surface area contributed by atoms with Crippen LogP contribution >= 0.6 is 0 Å². The normalized spacial score (nSPS) is 11.7. The predicted molar refractivity (Wildman–Crippen MR) is 47.2 cm³/mol. The van der Waals surface area contributed by atoms with Crippen molar-refractivity contribution in [2.75, 3.05) is 6.61 Å². The third-order valence-electron chi connectivity index (χ3n) is 1.46. The topological polar surface area (TPSA) is 75.3 Å². The lowest BCUT2D eigenvalue weighted by atomic mass is 10.4. The molecular formula is C9H10N2O3. The molecule has 1 unspecified atom stereocenters. The molecule has 0 spiro atoms. The van der Waals surface area contributed by atoms with Crippen LogP contribution in [0.25, 0.3) is 0 Å². The fourth-order valence-corrected chi connectivity index (χ4v) is 0.876. The monoisotopic (exact) mass is 194 g/mol. The van der Waals surface area contributed by atoms with E-state index in [1.807, 2.05) is 0 Å². The number of carbonyl (C=O) groups excluding carboxylic acids is 1. The lowest BCUT2D eigenvalue weighted by molar-refractivity contribution is 0.0596. The third kappa shape index (κ3) is 2.61. The molecule has 1 rings (SSSR count). The van der Waals surface area contributed by atoms with Crippen molar-refractivity contribution in [3.63, 3.8) is 0 Å². The van der Waals surface area contributed by atoms with Gasteiger partial charge in [0, 0.05) is 6.61 Å². The van der Waals surface area contributed by atoms with Crippen molar-refractivity contribution in [1.82, 2.24) is 5.32 Å². The van der Waals surface area contributed by atoms with Gasteiger partial charge in [-0.05, 0) is 19.1 Å². The molecule has 0 radical (unpaired) electrons. The number of ether oxygens (including phenoxy) is 1. The van der Waals surface area contributed by atoms with Crippen LogP contribution in [0.2, 0.25) is 0 Å². The number of nitrogens with one attached hydrogen (secondary N) is 1. The first-order valence-corrected chi connectivity index (χ1v) is 4.13. The van der Waals surface area contributed by atoms with Crippen molar-refractivity contribution in [3.8, 4) is 6.07 Å². The number of nitriles is 1. The van der Waals surface area contributed by atoms with Crippen LogP contribution in [0.4, 0.5) is 0 Å². The van der Waals surface area contributed by atoms with E-state index in [0.29, 0.717) is 6.61 Å². The van der Waals surface area contributed by atoms with Crippen LogP contribution in [0.5, 0.6) is 0 Å². The highest BCUT2D eigenvalue weighted by atomic mass is 16.5. The molecule has 74 valence electrons. The van der Waals surface area contributed by atoms with Crippen LogP contribution in [0.3, 0.4) is 0 Å². The molecule has 1 heterocycles. The molecule has 1 aromatic rings. The van der Waals surface area contributed by atoms with Crippen molar-refractivity contribution in [1.29, 1.82) is 5.26 Å². The second-order valence-electron chi connectivity index (χ2n) is 2.42. The maximum absolute atomic E-state index is 11.3. The van der Waals surface area contributed by atoms with E-state index in [1.165, 1.54) is 12.3 Å². The summed E-state index contributed by atoms with van der Waals surface area (Å²) in [5.74, 6) is -0.306. The molecule has 1 aromatic heterocycles. The Kier molecular flexibility index (Phi) is 3.70. The molecule has 14 heavy (non-hydrogen) atoms. The summed E-state index contributed by atoms with van der Waals surface area (Å²) in [5.41, 5.74) is 0. The molecule has 0 saturated carbocycles. The summed E-state index contributed by atoms with van der Waals surface area (Å²) >= 11 is 0. The van der Waals surface area contributed by atoms with Crippen molar-refractivity contribution in [2.24, 2.45) is 0 Å². The van der Waals surface area contributed by atoms with Gasteiger partial charge in [-0.2, -0.15) is 5.26 Å². The van der Waals surface area contributed by atoms with Crippen LogP contribution < -0.4 is 5.32 Å². The second-order valence-corrected chi connectivity index (χ2v) is 2.42. The largest absolute Gasteiger partial charge is 0.459 e. The van der Waals surface area contributed by atoms with Gasteiger partial charge in [-0.3, -0.25) is 4.79 Å². The number of hydrogen-bond acceptors (Lipinski definition) is 4. The van der Waals surface area contributed by atoms with Gasteiger partial charge in [0.25, 0.3) is 5.91 Å². The van der Waals surface area contributed by atoms with Gasteiger partial charge in [-0.1, -0.05) is 0 Å². The highest BCUT2D eigenvalue weighted by molar-refractivity contribution is 5.91. The average molecular weight is 194 g/mol. The van der Waals surface area contributed by atoms with Gasteiger partial charge in [-0.25, -0.2) is 0 Å². The minimum atomic E-state index is -0.933. The van der Waals surface area contributed by atoms with E-state index < -0.39 is 12.1 Å². The average Bonchev–Trinajstić information content (AvgIpc) is 2.69. The van der Waals surface area contributed by atoms with Crippen LogP contribution in [0.15, 0.2) is 22.8 Å². The van der Waals surface area contributed by atoms with E-state index in [0.717, 1.165) is 0 Å². The molecule has 0 saturated heterocycles. The number of rotatable bonds is 4. The third-order valence-corrected chi connectivity index (χ3v) is 1.46. The Morgan fingerprint density at radius 1 is 1.86 bits per heavy atom. The zero-order valence-corrected chi connectivity index (χ0v) is 7.69. The lowest BCUT2D eigenvalue weighted by Crippen LogP contribution is -2.35. The summed E-state index contributed by atoms with van der Waals surface area (Å²) in [5, 5.41) is 10.9. The summed E-state index contributed by atoms with van der Waals surface area (Å²) in [6, 6.07) is 4.90. The number of carbonyl (C=O) groups is 1. The highest BCUT2D eigenvalue weighted by Gasteiger charge is 2.14. The van der Waals surface area contributed by atoms with E-state index in [9.17, 15) is 4.79 Å². The predicted octanol–water partition coefficient (Wildman–Crippen LogP) is 0.896. The molecule has 0 aromatic carbocycles. The van der Waals surface area contributed by atoms with E-state index in [1.54, 1.807) is 19.1 Å². The minimum Gasteiger partial charge on any atom is -0.459 e. The van der Waals surface area contributed by atoms with E-state index in [-0.39, 0.29) is 5.76 Å². The van der Waals surface area contributed by atoms with Gasteiger partial charge in [0.2, 0.25) is 6.23 Å². The Morgan fingerprint density at radius 3 is 3.14 bits per heavy atom. The van der Waals surface area contributed by atoms with Crippen LogP contribution in [-0.4, -0.2) is 18.7 Å². The van der Waals surface area contributed by atoms with Crippen molar-refractivity contribution in [2.45, 2.75) is 13.2 Å². The van der Waals surface area contributed by atoms with Crippen molar-refractivity contribution in [3.05, 3.63) is 24.2 Å². The van der Waals surface area contributed by atoms with Crippen LogP contribution in [0.1, 0.15) is 17.5 Å². The number of furan rings is 1. The summed E-state index contributed by atoms with van der Waals surface area (Å²) in [4.78, 5) is 11.3. The Hall–Kier alpha value is -1.80. The molecule has 5 nitrogen and oxygen atoms in total. The quantitative estimate of drug-likeness (QED) is 0.722. The Bertz CT molecular complexity index is 326. The zero-order valence-electron chi connectivity index (χ0n) is 7.69. The van der Waals surface area contributed by atoms with E-state index in [4.69, 9.17) is 14.4 Å². The van der Waals surface area contributed by atoms with Crippen LogP contribution in [-0.2, 0) is 4.74 Å². The molecule has 0 aliphatic heterocycles. The molecule has 1 amide bonds. The SMILES string of the molecule is CCOC(C#N)NC(=O)c1ccco1. The molecule has 0 aliphatic rings. The van der Waals surface area contributed by atoms with Gasteiger partial charge in [-0.15, -0.1) is 0 Å². The summed E-state index contributed by atoms with van der Waals surface area (Å²) < 4.78 is 9.77. The first-order valence-electron chi connectivity index (χ1n) is 4.13. The maximum atomic E-state index is 11.3. The molecular weight excluding hydrogens is 184 g/mol. The van der Waals surface area contributed by atoms with Gasteiger partial charge in [0.1, 0.15) is 6.07 Å². The van der Waals surface area contributed by atoms with Gasteiger partial charge in [0.05, 0.1) is 6.26 Å². The van der Waals surface area contributed by atoms with Crippen molar-refractivity contribution >= 4 is 5.91 Å². The number of hydrogen-bond donors (Lipinski definition) is 1. The Balaban J connectivity index is 2.52. The number of nitrogens with zero attached hydrogens (tertiary/aromatic N) is 1. The van der Waals surface area contributed by atoms with Gasteiger partial charge >= 0.3 is 0 Å². The molecule has 1 N–H and O–H groups in total. The maximum Gasteiger partial charge on any atom is 0.289 e. The zero-order chi connectivity index (χ0) is 10.4. The standard InChI is InChI=1S/C9H10N2O3/c1-2-13-8(6-10)11-9(12)7-4-3-5-14-7/h3-5,8H,2H2,1H3,(H,11,12). The smallest absolute Gasteiger partial charge is 0.289 e. The molecule has 0 fully saturated rings. The highest BCUT2D eigenvalue weighted by Crippen LogP contribution is 2.00. The fourth-order valence-electron chi connectivity index (χ4n) is 0.876. The first kappa shape index (κ1) is 10.3. The lowest BCUT2D eigenvalue weighted by Gasteiger charge is -2.09. The Labute approximate surface area is 81.3 Å². The Morgan fingerprint density at radius 2 is 2.64 bits per heavy atom. The first-order chi connectivity index (χ1) is 6.77. The van der Waals surface area contributed by atoms with Gasteiger partial charge in [0.15, 0.2) is 5.76 Å². The molecule has 0 bridgehead atoms. The second kappa shape index (κ2) is 5.04. The fraction of sp³-hybridized carbons (Fsp3) is 0.333. The molecule has 5 heteroatoms. The molecule has 1 atom stereocenters. The summed E-state index contributed by atoms with van der Waals surface area (Å²) in [6.45, 7) is 2.10. The van der Waals surface area contributed by atoms with Crippen LogP contribution in [0, 0.1) is 11.3 Å². The van der Waals surface area contributed by atoms with E-state index >= 15 is 0 Å². The number of amides is 1. The summed E-state index contributed by atoms with van der Waals surface area (Å²) in [7, 11) is 0. The minimum absolute atomic E-state index is 0.157.